The Balaban J connectivity index is 1.84. The minimum Gasteiger partial charge on any atom is -0.294 e. The third-order valence-electron chi connectivity index (χ3n) is 5.24. The first-order valence-corrected chi connectivity index (χ1v) is 9.05. The van der Waals surface area contributed by atoms with Crippen LogP contribution < -0.4 is 4.90 Å². The number of carbonyl (C=O) groups is 2. The minimum absolute atomic E-state index is 0.0309. The molecule has 2 aromatic carbocycles. The van der Waals surface area contributed by atoms with Gasteiger partial charge in [0, 0.05) is 47.8 Å². The molecule has 0 aromatic heterocycles. The van der Waals surface area contributed by atoms with Crippen molar-refractivity contribution < 1.29 is 18.9 Å². The van der Waals surface area contributed by atoms with Crippen molar-refractivity contribution in [2.45, 2.75) is 31.6 Å². The Morgan fingerprint density at radius 2 is 1.82 bits per heavy atom. The van der Waals surface area contributed by atoms with E-state index in [1.807, 2.05) is 0 Å². The molecular formula is C21H17FN2O4. The number of amides is 1. The van der Waals surface area contributed by atoms with Crippen LogP contribution in [0.5, 0.6) is 0 Å². The molecule has 0 saturated heterocycles. The molecule has 4 rings (SSSR count). The summed E-state index contributed by atoms with van der Waals surface area (Å²) >= 11 is 0. The molecule has 0 N–H and O–H groups in total. The Labute approximate surface area is 160 Å². The largest absolute Gasteiger partial charge is 0.294 e. The molecule has 2 aliphatic rings. The van der Waals surface area contributed by atoms with Gasteiger partial charge in [0.1, 0.15) is 5.82 Å². The number of anilines is 1. The monoisotopic (exact) mass is 380 g/mol. The van der Waals surface area contributed by atoms with Crippen molar-refractivity contribution >= 4 is 23.1 Å². The summed E-state index contributed by atoms with van der Waals surface area (Å²) in [6.07, 6.45) is 1.60. The van der Waals surface area contributed by atoms with E-state index in [0.29, 0.717) is 41.8 Å². The van der Waals surface area contributed by atoms with Crippen molar-refractivity contribution in [3.8, 4) is 0 Å². The van der Waals surface area contributed by atoms with E-state index in [4.69, 9.17) is 0 Å². The lowest BCUT2D eigenvalue weighted by molar-refractivity contribution is -0.384. The van der Waals surface area contributed by atoms with Gasteiger partial charge in [0.05, 0.1) is 4.92 Å². The molecule has 0 spiro atoms. The van der Waals surface area contributed by atoms with E-state index in [1.54, 1.807) is 12.1 Å². The van der Waals surface area contributed by atoms with Gasteiger partial charge in [0.15, 0.2) is 5.78 Å². The van der Waals surface area contributed by atoms with Crippen molar-refractivity contribution in [2.24, 2.45) is 0 Å². The molecule has 7 heteroatoms. The molecule has 2 aromatic rings. The highest BCUT2D eigenvalue weighted by Crippen LogP contribution is 2.43. The molecule has 1 heterocycles. The number of ketones is 1. The quantitative estimate of drug-likeness (QED) is 0.589. The lowest BCUT2D eigenvalue weighted by Crippen LogP contribution is -2.40. The Hall–Kier alpha value is -3.35. The minimum atomic E-state index is -0.508. The number of hydrogen-bond acceptors (Lipinski definition) is 4. The number of nitro groups is 1. The number of rotatable bonds is 3. The third-order valence-corrected chi connectivity index (χ3v) is 5.24. The number of allylic oxidation sites excluding steroid dienone is 2. The fourth-order valence-electron chi connectivity index (χ4n) is 4.02. The predicted octanol–water partition coefficient (Wildman–Crippen LogP) is 4.26. The van der Waals surface area contributed by atoms with Crippen LogP contribution in [0.1, 0.15) is 37.2 Å². The molecule has 1 atom stereocenters. The van der Waals surface area contributed by atoms with E-state index in [2.05, 4.69) is 0 Å². The van der Waals surface area contributed by atoms with Gasteiger partial charge in [-0.05, 0) is 42.7 Å². The first-order valence-electron chi connectivity index (χ1n) is 9.05. The summed E-state index contributed by atoms with van der Waals surface area (Å²) in [5.41, 5.74) is 2.19. The maximum Gasteiger partial charge on any atom is 0.269 e. The zero-order chi connectivity index (χ0) is 19.8. The number of Topliss-reactive ketones (excluding diaryl/α,β-unsaturated/α-hetero) is 1. The van der Waals surface area contributed by atoms with Crippen LogP contribution in [-0.4, -0.2) is 16.6 Å². The molecular weight excluding hydrogens is 363 g/mol. The zero-order valence-electron chi connectivity index (χ0n) is 14.9. The maximum absolute atomic E-state index is 13.3. The van der Waals surface area contributed by atoms with E-state index in [1.165, 1.54) is 41.3 Å². The second-order valence-electron chi connectivity index (χ2n) is 6.95. The Bertz CT molecular complexity index is 1010. The highest BCUT2D eigenvalue weighted by molar-refractivity contribution is 6.07. The van der Waals surface area contributed by atoms with Crippen LogP contribution in [0.3, 0.4) is 0 Å². The highest BCUT2D eigenvalue weighted by Gasteiger charge is 2.40. The number of non-ortho nitro benzene ring substituents is 1. The summed E-state index contributed by atoms with van der Waals surface area (Å²) in [5.74, 6) is -1.17. The number of nitrogens with zero attached hydrogens (tertiary/aromatic N) is 2. The zero-order valence-corrected chi connectivity index (χ0v) is 14.9. The fourth-order valence-corrected chi connectivity index (χ4v) is 4.02. The molecule has 0 saturated carbocycles. The Morgan fingerprint density at radius 1 is 1.07 bits per heavy atom. The summed E-state index contributed by atoms with van der Waals surface area (Å²) in [7, 11) is 0. The summed E-state index contributed by atoms with van der Waals surface area (Å²) in [5, 5.41) is 11.1. The number of benzene rings is 2. The lowest BCUT2D eigenvalue weighted by atomic mass is 9.77. The third kappa shape index (κ3) is 3.09. The Kier molecular flexibility index (Phi) is 4.50. The predicted molar refractivity (Wildman–Crippen MR) is 100 cm³/mol. The lowest BCUT2D eigenvalue weighted by Gasteiger charge is -2.38. The van der Waals surface area contributed by atoms with E-state index in [0.717, 1.165) is 0 Å². The van der Waals surface area contributed by atoms with Crippen molar-refractivity contribution in [1.82, 2.24) is 0 Å². The molecule has 0 bridgehead atoms. The van der Waals surface area contributed by atoms with Gasteiger partial charge in [-0.3, -0.25) is 24.6 Å². The average Bonchev–Trinajstić information content (AvgIpc) is 2.68. The molecule has 28 heavy (non-hydrogen) atoms. The molecule has 142 valence electrons. The smallest absolute Gasteiger partial charge is 0.269 e. The van der Waals surface area contributed by atoms with Crippen molar-refractivity contribution in [2.75, 3.05) is 4.90 Å². The van der Waals surface area contributed by atoms with Gasteiger partial charge in [0.25, 0.3) is 5.69 Å². The molecule has 1 aliphatic carbocycles. The molecule has 1 aliphatic heterocycles. The van der Waals surface area contributed by atoms with Gasteiger partial charge in [-0.1, -0.05) is 12.1 Å². The van der Waals surface area contributed by atoms with Crippen LogP contribution >= 0.6 is 0 Å². The molecule has 0 fully saturated rings. The van der Waals surface area contributed by atoms with Crippen LogP contribution in [0.2, 0.25) is 0 Å². The second-order valence-corrected chi connectivity index (χ2v) is 6.95. The maximum atomic E-state index is 13.3. The standard InChI is InChI=1S/C21H17FN2O4/c22-14-7-9-15(10-8-14)23-18-5-2-6-19(25)21(18)17(12-20(23)26)13-3-1-4-16(11-13)24(27)28/h1,3-4,7-11,17H,2,5-6,12H2. The molecule has 1 unspecified atom stereocenters. The fraction of sp³-hybridized carbons (Fsp3) is 0.238. The number of carbonyl (C=O) groups excluding carboxylic acids is 2. The molecule has 6 nitrogen and oxygen atoms in total. The van der Waals surface area contributed by atoms with Crippen molar-refractivity contribution in [3.63, 3.8) is 0 Å². The highest BCUT2D eigenvalue weighted by atomic mass is 19.1. The topological polar surface area (TPSA) is 80.5 Å². The number of hydrogen-bond donors (Lipinski definition) is 0. The van der Waals surface area contributed by atoms with E-state index in [9.17, 15) is 24.1 Å². The van der Waals surface area contributed by atoms with Crippen LogP contribution in [0, 0.1) is 15.9 Å². The first-order chi connectivity index (χ1) is 13.5. The van der Waals surface area contributed by atoms with Crippen LogP contribution in [0.25, 0.3) is 0 Å². The van der Waals surface area contributed by atoms with Crippen LogP contribution in [0.4, 0.5) is 15.8 Å². The summed E-state index contributed by atoms with van der Waals surface area (Å²) < 4.78 is 13.3. The van der Waals surface area contributed by atoms with Gasteiger partial charge < -0.3 is 0 Å². The summed E-state index contributed by atoms with van der Waals surface area (Å²) in [6, 6.07) is 11.7. The van der Waals surface area contributed by atoms with Gasteiger partial charge >= 0.3 is 0 Å². The van der Waals surface area contributed by atoms with Crippen LogP contribution in [-0.2, 0) is 9.59 Å². The number of nitro benzene ring substituents is 1. The van der Waals surface area contributed by atoms with Gasteiger partial charge in [0.2, 0.25) is 5.91 Å². The van der Waals surface area contributed by atoms with E-state index in [-0.39, 0.29) is 23.8 Å². The van der Waals surface area contributed by atoms with E-state index < -0.39 is 16.7 Å². The summed E-state index contributed by atoms with van der Waals surface area (Å²) in [4.78, 5) is 37.9. The van der Waals surface area contributed by atoms with Gasteiger partial charge in [-0.15, -0.1) is 0 Å². The normalized spacial score (nSPS) is 19.6. The molecule has 1 amide bonds. The van der Waals surface area contributed by atoms with Crippen molar-refractivity contribution in [3.05, 3.63) is 81.3 Å². The second kappa shape index (κ2) is 6.99. The van der Waals surface area contributed by atoms with Crippen molar-refractivity contribution in [1.29, 1.82) is 0 Å². The van der Waals surface area contributed by atoms with Gasteiger partial charge in [-0.2, -0.15) is 0 Å². The first kappa shape index (κ1) is 18.0. The summed E-state index contributed by atoms with van der Waals surface area (Å²) in [6.45, 7) is 0. The molecule has 0 radical (unpaired) electrons. The van der Waals surface area contributed by atoms with Crippen LogP contribution in [0.15, 0.2) is 59.8 Å². The number of halogens is 1. The van der Waals surface area contributed by atoms with E-state index >= 15 is 0 Å². The van der Waals surface area contributed by atoms with Gasteiger partial charge in [-0.25, -0.2) is 4.39 Å². The SMILES string of the molecule is O=C1CCCC2=C1C(c1cccc([N+](=O)[O-])c1)CC(=O)N2c1ccc(F)cc1. The Morgan fingerprint density at radius 3 is 2.54 bits per heavy atom. The average molecular weight is 380 g/mol.